The molecular weight excluding hydrogens is 324 g/mol. The molecule has 5 nitrogen and oxygen atoms in total. The molecule has 0 radical (unpaired) electrons. The molecule has 124 valence electrons. The average molecular weight is 341 g/mol. The summed E-state index contributed by atoms with van der Waals surface area (Å²) in [6, 6.07) is 2.85. The fourth-order valence-electron chi connectivity index (χ4n) is 2.93. The van der Waals surface area contributed by atoms with E-state index in [-0.39, 0.29) is 17.0 Å². The van der Waals surface area contributed by atoms with Crippen LogP contribution in [0.1, 0.15) is 18.4 Å². The van der Waals surface area contributed by atoms with Gasteiger partial charge in [-0.3, -0.25) is 0 Å². The lowest BCUT2D eigenvalue weighted by molar-refractivity contribution is 0.380. The molecule has 2 heterocycles. The van der Waals surface area contributed by atoms with Gasteiger partial charge in [0.25, 0.3) is 10.0 Å². The Bertz CT molecular complexity index is 820. The van der Waals surface area contributed by atoms with Crippen LogP contribution in [0, 0.1) is 11.6 Å². The van der Waals surface area contributed by atoms with Crippen molar-refractivity contribution >= 4 is 10.0 Å². The van der Waals surface area contributed by atoms with Crippen molar-refractivity contribution in [2.24, 2.45) is 7.05 Å². The Labute approximate surface area is 133 Å². The first kappa shape index (κ1) is 16.1. The van der Waals surface area contributed by atoms with Crippen LogP contribution in [-0.2, 0) is 23.5 Å². The average Bonchev–Trinajstić information content (AvgIpc) is 3.12. The fraction of sp³-hybridized carbons (Fsp3) is 0.400. The number of aryl methyl sites for hydroxylation is 1. The molecule has 2 aromatic rings. The third kappa shape index (κ3) is 3.13. The summed E-state index contributed by atoms with van der Waals surface area (Å²) < 4.78 is 55.4. The van der Waals surface area contributed by atoms with Crippen LogP contribution in [0.5, 0.6) is 0 Å². The van der Waals surface area contributed by atoms with Gasteiger partial charge in [0.15, 0.2) is 5.03 Å². The molecule has 8 heteroatoms. The Balaban J connectivity index is 1.87. The van der Waals surface area contributed by atoms with Gasteiger partial charge in [-0.2, -0.15) is 4.31 Å². The molecule has 1 fully saturated rings. The maximum absolute atomic E-state index is 13.8. The molecule has 1 aliphatic heterocycles. The van der Waals surface area contributed by atoms with Crippen LogP contribution >= 0.6 is 0 Å². The van der Waals surface area contributed by atoms with Gasteiger partial charge in [-0.05, 0) is 43.0 Å². The van der Waals surface area contributed by atoms with Crippen LogP contribution in [-0.4, -0.2) is 34.9 Å². The number of hydrogen-bond acceptors (Lipinski definition) is 3. The predicted octanol–water partition coefficient (Wildman–Crippen LogP) is 2.09. The maximum Gasteiger partial charge on any atom is 0.262 e. The fourth-order valence-corrected chi connectivity index (χ4v) is 4.59. The third-order valence-corrected chi connectivity index (χ3v) is 5.88. The van der Waals surface area contributed by atoms with E-state index in [4.69, 9.17) is 0 Å². The van der Waals surface area contributed by atoms with Crippen molar-refractivity contribution in [3.63, 3.8) is 0 Å². The van der Waals surface area contributed by atoms with E-state index in [2.05, 4.69) is 4.98 Å². The summed E-state index contributed by atoms with van der Waals surface area (Å²) in [5, 5.41) is -0.0217. The molecule has 1 aliphatic rings. The van der Waals surface area contributed by atoms with Crippen molar-refractivity contribution in [1.82, 2.24) is 13.9 Å². The lowest BCUT2D eigenvalue weighted by Gasteiger charge is -2.23. The van der Waals surface area contributed by atoms with Gasteiger partial charge in [-0.1, -0.05) is 0 Å². The summed E-state index contributed by atoms with van der Waals surface area (Å²) in [5.74, 6) is -1.05. The second-order valence-corrected chi connectivity index (χ2v) is 7.57. The summed E-state index contributed by atoms with van der Waals surface area (Å²) in [7, 11) is -2.03. The van der Waals surface area contributed by atoms with Gasteiger partial charge in [0.1, 0.15) is 11.6 Å². The van der Waals surface area contributed by atoms with E-state index in [0.29, 0.717) is 19.4 Å². The summed E-state index contributed by atoms with van der Waals surface area (Å²) in [4.78, 5) is 3.90. The van der Waals surface area contributed by atoms with E-state index >= 15 is 0 Å². The van der Waals surface area contributed by atoms with Gasteiger partial charge in [-0.15, -0.1) is 0 Å². The molecule has 3 rings (SSSR count). The van der Waals surface area contributed by atoms with E-state index in [1.165, 1.54) is 16.8 Å². The van der Waals surface area contributed by atoms with Crippen molar-refractivity contribution < 1.29 is 17.2 Å². The van der Waals surface area contributed by atoms with Crippen LogP contribution < -0.4 is 0 Å². The Hall–Kier alpha value is -1.80. The number of imidazole rings is 1. The number of sulfonamides is 1. The third-order valence-electron chi connectivity index (χ3n) is 4.04. The summed E-state index contributed by atoms with van der Waals surface area (Å²) in [5.41, 5.74) is 0.193. The molecule has 1 aromatic carbocycles. The van der Waals surface area contributed by atoms with Crippen LogP contribution in [0.15, 0.2) is 35.7 Å². The molecule has 1 saturated heterocycles. The van der Waals surface area contributed by atoms with E-state index in [1.54, 1.807) is 11.6 Å². The first-order valence-electron chi connectivity index (χ1n) is 7.31. The van der Waals surface area contributed by atoms with Crippen LogP contribution in [0.25, 0.3) is 0 Å². The molecular formula is C15H17F2N3O2S. The number of rotatable bonds is 4. The number of nitrogens with zero attached hydrogens (tertiary/aromatic N) is 3. The Morgan fingerprint density at radius 1 is 1.35 bits per heavy atom. The Kier molecular flexibility index (Phi) is 4.20. The zero-order valence-electron chi connectivity index (χ0n) is 12.6. The molecule has 1 aromatic heterocycles. The highest BCUT2D eigenvalue weighted by Crippen LogP contribution is 2.28. The molecule has 0 amide bonds. The number of hydrogen-bond donors (Lipinski definition) is 0. The van der Waals surface area contributed by atoms with Gasteiger partial charge in [0.2, 0.25) is 0 Å². The SMILES string of the molecule is Cn1cnc(S(=O)(=O)N2CCC[C@H]2Cc2cc(F)ccc2F)c1. The molecule has 0 saturated carbocycles. The van der Waals surface area contributed by atoms with Crippen LogP contribution in [0.4, 0.5) is 8.78 Å². The first-order chi connectivity index (χ1) is 10.9. The van der Waals surface area contributed by atoms with Gasteiger partial charge < -0.3 is 4.57 Å². The monoisotopic (exact) mass is 341 g/mol. The largest absolute Gasteiger partial charge is 0.339 e. The number of benzene rings is 1. The van der Waals surface area contributed by atoms with Crippen molar-refractivity contribution in [3.8, 4) is 0 Å². The molecule has 0 bridgehead atoms. The second kappa shape index (κ2) is 6.01. The molecule has 0 unspecified atom stereocenters. The standard InChI is InChI=1S/C15H17F2N3O2S/c1-19-9-15(18-10-19)23(21,22)20-6-2-3-13(20)8-11-7-12(16)4-5-14(11)17/h4-5,7,9-10,13H,2-3,6,8H2,1H3/t13-/m0/s1. The van der Waals surface area contributed by atoms with Gasteiger partial charge >= 0.3 is 0 Å². The van der Waals surface area contributed by atoms with Crippen LogP contribution in [0.3, 0.4) is 0 Å². The Morgan fingerprint density at radius 2 is 2.13 bits per heavy atom. The molecule has 1 atom stereocenters. The number of aromatic nitrogens is 2. The number of halogens is 2. The van der Waals surface area contributed by atoms with E-state index in [1.807, 2.05) is 0 Å². The highest BCUT2D eigenvalue weighted by molar-refractivity contribution is 7.89. The molecule has 0 spiro atoms. The minimum Gasteiger partial charge on any atom is -0.339 e. The van der Waals surface area contributed by atoms with Crippen molar-refractivity contribution in [2.45, 2.75) is 30.3 Å². The minimum absolute atomic E-state index is 0.0217. The van der Waals surface area contributed by atoms with Gasteiger partial charge in [0.05, 0.1) is 6.33 Å². The molecule has 23 heavy (non-hydrogen) atoms. The maximum atomic E-state index is 13.8. The highest BCUT2D eigenvalue weighted by Gasteiger charge is 2.36. The topological polar surface area (TPSA) is 55.2 Å². The van der Waals surface area contributed by atoms with E-state index in [0.717, 1.165) is 18.2 Å². The highest BCUT2D eigenvalue weighted by atomic mass is 32.2. The quantitative estimate of drug-likeness (QED) is 0.856. The Morgan fingerprint density at radius 3 is 2.83 bits per heavy atom. The molecule has 0 aliphatic carbocycles. The minimum atomic E-state index is -3.72. The smallest absolute Gasteiger partial charge is 0.262 e. The van der Waals surface area contributed by atoms with Gasteiger partial charge in [-0.25, -0.2) is 22.2 Å². The lowest BCUT2D eigenvalue weighted by atomic mass is 10.0. The zero-order chi connectivity index (χ0) is 16.6. The first-order valence-corrected chi connectivity index (χ1v) is 8.75. The second-order valence-electron chi connectivity index (χ2n) is 5.73. The normalized spacial score (nSPS) is 19.3. The van der Waals surface area contributed by atoms with Gasteiger partial charge in [0, 0.05) is 25.8 Å². The van der Waals surface area contributed by atoms with Crippen molar-refractivity contribution in [1.29, 1.82) is 0 Å². The van der Waals surface area contributed by atoms with Crippen molar-refractivity contribution in [3.05, 3.63) is 47.9 Å². The summed E-state index contributed by atoms with van der Waals surface area (Å²) in [6.45, 7) is 0.362. The van der Waals surface area contributed by atoms with E-state index in [9.17, 15) is 17.2 Å². The lowest BCUT2D eigenvalue weighted by Crippen LogP contribution is -2.37. The zero-order valence-corrected chi connectivity index (χ0v) is 13.4. The van der Waals surface area contributed by atoms with Crippen molar-refractivity contribution in [2.75, 3.05) is 6.54 Å². The predicted molar refractivity (Wildman–Crippen MR) is 80.2 cm³/mol. The van der Waals surface area contributed by atoms with Crippen LogP contribution in [0.2, 0.25) is 0 Å². The van der Waals surface area contributed by atoms with E-state index < -0.39 is 27.7 Å². The summed E-state index contributed by atoms with van der Waals surface area (Å²) >= 11 is 0. The summed E-state index contributed by atoms with van der Waals surface area (Å²) in [6.07, 6.45) is 4.31. The molecule has 0 N–H and O–H groups in total.